The van der Waals surface area contributed by atoms with Crippen LogP contribution in [0, 0.1) is 0 Å². The van der Waals surface area contributed by atoms with Crippen molar-refractivity contribution in [2.75, 3.05) is 0 Å². The van der Waals surface area contributed by atoms with Crippen LogP contribution in [0.25, 0.3) is 0 Å². The normalized spacial score (nSPS) is 15.7. The van der Waals surface area contributed by atoms with E-state index in [1.165, 1.54) is 6.92 Å². The SMILES string of the molecule is CC(=O)CCC(=O)c1ccccc1.O=C1CC[C@H](c2ccccc2)O1. The van der Waals surface area contributed by atoms with Crippen LogP contribution in [0.15, 0.2) is 60.7 Å². The Kier molecular flexibility index (Phi) is 7.08. The van der Waals surface area contributed by atoms with Crippen LogP contribution >= 0.6 is 0 Å². The Morgan fingerprint density at radius 3 is 2.08 bits per heavy atom. The minimum atomic E-state index is -0.0798. The minimum absolute atomic E-state index is 0.00120. The van der Waals surface area contributed by atoms with Crippen LogP contribution in [0.3, 0.4) is 0 Å². The molecule has 1 atom stereocenters. The van der Waals surface area contributed by atoms with Crippen molar-refractivity contribution >= 4 is 17.5 Å². The number of ketones is 2. The average Bonchev–Trinajstić information content (AvgIpc) is 3.08. The summed E-state index contributed by atoms with van der Waals surface area (Å²) in [5.41, 5.74) is 1.78. The highest BCUT2D eigenvalue weighted by Crippen LogP contribution is 2.28. The zero-order valence-corrected chi connectivity index (χ0v) is 14.3. The molecule has 0 unspecified atom stereocenters. The van der Waals surface area contributed by atoms with Crippen LogP contribution in [0.5, 0.6) is 0 Å². The van der Waals surface area contributed by atoms with E-state index < -0.39 is 0 Å². The van der Waals surface area contributed by atoms with E-state index in [1.807, 2.05) is 48.5 Å². The van der Waals surface area contributed by atoms with Gasteiger partial charge in [0.2, 0.25) is 0 Å². The van der Waals surface area contributed by atoms with Crippen LogP contribution in [-0.4, -0.2) is 17.5 Å². The molecule has 0 saturated carbocycles. The van der Waals surface area contributed by atoms with Gasteiger partial charge in [0.1, 0.15) is 11.9 Å². The third-order valence-corrected chi connectivity index (χ3v) is 3.86. The third kappa shape index (κ3) is 6.34. The Balaban J connectivity index is 0.000000181. The van der Waals surface area contributed by atoms with Gasteiger partial charge >= 0.3 is 5.97 Å². The van der Waals surface area contributed by atoms with Crippen molar-refractivity contribution in [1.29, 1.82) is 0 Å². The zero-order chi connectivity index (χ0) is 18.1. The summed E-state index contributed by atoms with van der Waals surface area (Å²) in [5, 5.41) is 0. The van der Waals surface area contributed by atoms with Gasteiger partial charge in [-0.1, -0.05) is 60.7 Å². The number of rotatable bonds is 5. The number of Topliss-reactive ketones (excluding diaryl/α,β-unsaturated/α-hetero) is 2. The van der Waals surface area contributed by atoms with Crippen LogP contribution < -0.4 is 0 Å². The van der Waals surface area contributed by atoms with E-state index in [2.05, 4.69) is 0 Å². The van der Waals surface area contributed by atoms with Gasteiger partial charge in [-0.05, 0) is 18.9 Å². The first-order valence-electron chi connectivity index (χ1n) is 8.38. The summed E-state index contributed by atoms with van der Waals surface area (Å²) in [4.78, 5) is 32.8. The van der Waals surface area contributed by atoms with Crippen molar-refractivity contribution in [3.05, 3.63) is 71.8 Å². The number of hydrogen-bond acceptors (Lipinski definition) is 4. The summed E-state index contributed by atoms with van der Waals surface area (Å²) < 4.78 is 5.11. The predicted octanol–water partition coefficient (Wildman–Crippen LogP) is 4.30. The summed E-state index contributed by atoms with van der Waals surface area (Å²) in [6, 6.07) is 18.9. The number of ether oxygens (including phenoxy) is 1. The third-order valence-electron chi connectivity index (χ3n) is 3.86. The van der Waals surface area contributed by atoms with Gasteiger partial charge in [0.05, 0.1) is 0 Å². The molecule has 0 aromatic heterocycles. The molecule has 0 spiro atoms. The minimum Gasteiger partial charge on any atom is -0.457 e. The maximum absolute atomic E-state index is 11.4. The molecule has 1 aliphatic heterocycles. The molecular weight excluding hydrogens is 316 g/mol. The van der Waals surface area contributed by atoms with Gasteiger partial charge in [0.25, 0.3) is 0 Å². The number of benzene rings is 2. The summed E-state index contributed by atoms with van der Waals surface area (Å²) in [7, 11) is 0. The largest absolute Gasteiger partial charge is 0.457 e. The van der Waals surface area contributed by atoms with Gasteiger partial charge in [-0.2, -0.15) is 0 Å². The lowest BCUT2D eigenvalue weighted by Crippen LogP contribution is -2.01. The highest BCUT2D eigenvalue weighted by molar-refractivity contribution is 5.97. The molecule has 130 valence electrons. The molecule has 0 N–H and O–H groups in total. The van der Waals surface area contributed by atoms with Crippen LogP contribution in [0.4, 0.5) is 0 Å². The lowest BCUT2D eigenvalue weighted by Gasteiger charge is -2.07. The van der Waals surface area contributed by atoms with E-state index in [0.29, 0.717) is 24.8 Å². The van der Waals surface area contributed by atoms with Gasteiger partial charge in [-0.25, -0.2) is 0 Å². The molecule has 1 saturated heterocycles. The monoisotopic (exact) mass is 338 g/mol. The molecule has 0 bridgehead atoms. The molecule has 2 aromatic rings. The van der Waals surface area contributed by atoms with E-state index in [4.69, 9.17) is 4.74 Å². The molecule has 1 heterocycles. The number of hydrogen-bond donors (Lipinski definition) is 0. The van der Waals surface area contributed by atoms with E-state index in [9.17, 15) is 14.4 Å². The molecule has 4 nitrogen and oxygen atoms in total. The molecule has 3 rings (SSSR count). The number of cyclic esters (lactones) is 1. The smallest absolute Gasteiger partial charge is 0.306 e. The summed E-state index contributed by atoms with van der Waals surface area (Å²) in [6.45, 7) is 1.50. The van der Waals surface area contributed by atoms with E-state index in [0.717, 1.165) is 12.0 Å². The molecular formula is C21H22O4. The lowest BCUT2D eigenvalue weighted by atomic mass is 10.1. The molecule has 1 aliphatic rings. The standard InChI is InChI=1S/C11H12O2.C10H10O2/c1-9(12)7-8-11(13)10-5-3-2-4-6-10;11-10-7-6-9(12-10)8-4-2-1-3-5-8/h2-6H,7-8H2,1H3;1-5,9H,6-7H2/t;9-/m.1/s1. The molecule has 0 aliphatic carbocycles. The second kappa shape index (κ2) is 9.52. The highest BCUT2D eigenvalue weighted by atomic mass is 16.5. The second-order valence-corrected chi connectivity index (χ2v) is 5.92. The van der Waals surface area contributed by atoms with Crippen LogP contribution in [0.1, 0.15) is 54.6 Å². The molecule has 4 heteroatoms. The summed E-state index contributed by atoms with van der Waals surface area (Å²) >= 11 is 0. The van der Waals surface area contributed by atoms with Crippen molar-refractivity contribution in [2.24, 2.45) is 0 Å². The van der Waals surface area contributed by atoms with Crippen molar-refractivity contribution in [3.8, 4) is 0 Å². The number of carbonyl (C=O) groups is 3. The molecule has 0 radical (unpaired) electrons. The number of esters is 1. The fraction of sp³-hybridized carbons (Fsp3) is 0.286. The Hall–Kier alpha value is -2.75. The second-order valence-electron chi connectivity index (χ2n) is 5.92. The lowest BCUT2D eigenvalue weighted by molar-refractivity contribution is -0.141. The van der Waals surface area contributed by atoms with Gasteiger partial charge < -0.3 is 9.53 Å². The summed E-state index contributed by atoms with van der Waals surface area (Å²) in [5.74, 6) is 0.0175. The average molecular weight is 338 g/mol. The van der Waals surface area contributed by atoms with Crippen molar-refractivity contribution in [2.45, 2.75) is 38.7 Å². The highest BCUT2D eigenvalue weighted by Gasteiger charge is 2.24. The summed E-state index contributed by atoms with van der Waals surface area (Å²) in [6.07, 6.45) is 2.04. The Morgan fingerprint density at radius 2 is 1.56 bits per heavy atom. The Bertz CT molecular complexity index is 707. The van der Waals surface area contributed by atoms with Gasteiger partial charge in [-0.15, -0.1) is 0 Å². The van der Waals surface area contributed by atoms with E-state index in [-0.39, 0.29) is 23.6 Å². The first-order chi connectivity index (χ1) is 12.1. The predicted molar refractivity (Wildman–Crippen MR) is 95.2 cm³/mol. The number of carbonyl (C=O) groups excluding carboxylic acids is 3. The maximum atomic E-state index is 11.4. The maximum Gasteiger partial charge on any atom is 0.306 e. The fourth-order valence-electron chi connectivity index (χ4n) is 2.49. The Labute approximate surface area is 147 Å². The first kappa shape index (κ1) is 18.6. The topological polar surface area (TPSA) is 60.4 Å². The van der Waals surface area contributed by atoms with Crippen molar-refractivity contribution < 1.29 is 19.1 Å². The molecule has 1 fully saturated rings. The van der Waals surface area contributed by atoms with Gasteiger partial charge in [-0.3, -0.25) is 9.59 Å². The zero-order valence-electron chi connectivity index (χ0n) is 14.3. The first-order valence-corrected chi connectivity index (χ1v) is 8.38. The van der Waals surface area contributed by atoms with Crippen molar-refractivity contribution in [3.63, 3.8) is 0 Å². The van der Waals surface area contributed by atoms with Gasteiger partial charge in [0.15, 0.2) is 5.78 Å². The van der Waals surface area contributed by atoms with Crippen LogP contribution in [-0.2, 0) is 14.3 Å². The fourth-order valence-corrected chi connectivity index (χ4v) is 2.49. The Morgan fingerprint density at radius 1 is 0.960 bits per heavy atom. The van der Waals surface area contributed by atoms with Crippen LogP contribution in [0.2, 0.25) is 0 Å². The van der Waals surface area contributed by atoms with E-state index in [1.54, 1.807) is 12.1 Å². The molecule has 25 heavy (non-hydrogen) atoms. The molecule has 0 amide bonds. The van der Waals surface area contributed by atoms with Gasteiger partial charge in [0, 0.05) is 24.8 Å². The van der Waals surface area contributed by atoms with E-state index >= 15 is 0 Å². The quantitative estimate of drug-likeness (QED) is 0.602. The van der Waals surface area contributed by atoms with Crippen molar-refractivity contribution in [1.82, 2.24) is 0 Å². The molecule has 2 aromatic carbocycles.